The van der Waals surface area contributed by atoms with Gasteiger partial charge in [0.15, 0.2) is 5.82 Å². The summed E-state index contributed by atoms with van der Waals surface area (Å²) in [6.07, 6.45) is 9.23. The first-order valence-corrected chi connectivity index (χ1v) is 26.2. The van der Waals surface area contributed by atoms with Crippen LogP contribution in [0.25, 0.3) is 71.8 Å². The topological polar surface area (TPSA) is 59.4 Å². The Morgan fingerprint density at radius 1 is 0.534 bits per heavy atom. The van der Waals surface area contributed by atoms with Crippen molar-refractivity contribution in [2.45, 2.75) is 137 Å². The van der Waals surface area contributed by atoms with Crippen molar-refractivity contribution < 1.29 is 0 Å². The summed E-state index contributed by atoms with van der Waals surface area (Å²) in [6.45, 7) is 32.0. The number of nitrogens with zero attached hydrogens (tertiary/aromatic N) is 5. The maximum Gasteiger partial charge on any atom is 0.160 e. The molecule has 0 radical (unpaired) electrons. The Hall–Kier alpha value is -7.29. The lowest BCUT2D eigenvalue weighted by molar-refractivity contribution is 0.426. The van der Waals surface area contributed by atoms with E-state index in [1.807, 2.05) is 24.3 Å². The lowest BCUT2D eigenvalue weighted by atomic mass is 9.78. The van der Waals surface area contributed by atoms with Gasteiger partial charge < -0.3 is 9.13 Å². The second-order valence-corrected chi connectivity index (χ2v) is 24.1. The van der Waals surface area contributed by atoms with Crippen LogP contribution in [0.15, 0.2) is 169 Å². The second kappa shape index (κ2) is 19.0. The van der Waals surface area contributed by atoms with Crippen molar-refractivity contribution in [3.63, 3.8) is 0 Å². The van der Waals surface area contributed by atoms with Gasteiger partial charge in [-0.2, -0.15) is 5.26 Å². The van der Waals surface area contributed by atoms with E-state index in [-0.39, 0.29) is 21.7 Å². The maximum absolute atomic E-state index is 12.2. The van der Waals surface area contributed by atoms with Crippen molar-refractivity contribution in [1.29, 1.82) is 5.26 Å². The molecule has 0 fully saturated rings. The number of hydrogen-bond donors (Lipinski definition) is 0. The molecule has 0 N–H and O–H groups in total. The number of hydrogen-bond acceptors (Lipinski definition) is 3. The molecule has 5 heteroatoms. The van der Waals surface area contributed by atoms with Crippen LogP contribution in [0, 0.1) is 11.3 Å². The SMILES string of the molecule is C/C=C\C=C(\c1cc(-c2ccccc2)nc(-c2ccccc2)n1)C(Cn1c2ccc(C(C)(C)C)cc2c2cc(C(C)(C)C)ccc21)(/C(C#N)=C\CC)n1c2ccc(C(C)(C)C)cc2c2cc(C(C)(C)C)ccc21. The second-order valence-electron chi connectivity index (χ2n) is 24.1. The normalized spacial score (nSPS) is 14.2. The van der Waals surface area contributed by atoms with Gasteiger partial charge >= 0.3 is 0 Å². The fourth-order valence-corrected chi connectivity index (χ4v) is 10.6. The van der Waals surface area contributed by atoms with Gasteiger partial charge in [0.2, 0.25) is 0 Å². The van der Waals surface area contributed by atoms with Crippen molar-refractivity contribution in [3.8, 4) is 28.7 Å². The lowest BCUT2D eigenvalue weighted by Gasteiger charge is -2.40. The molecule has 0 aliphatic rings. The Morgan fingerprint density at radius 2 is 0.959 bits per heavy atom. The smallest absolute Gasteiger partial charge is 0.160 e. The van der Waals surface area contributed by atoms with Gasteiger partial charge in [-0.15, -0.1) is 0 Å². The highest BCUT2D eigenvalue weighted by atomic mass is 15.1. The van der Waals surface area contributed by atoms with E-state index in [1.54, 1.807) is 0 Å². The standard InChI is InChI=1S/C68H73N5/c1-15-17-29-56(58-42-57(45-25-20-18-21-26-45)70-63(71-58)46-27-22-19-23-28-46)68(51(43-69)24-16-2,73-61-36-32-49(66(9,10)11)40-54(61)55-41-50(67(12,13)14)33-37-62(55)73)44-72-59-34-30-47(64(3,4)5)38-52(59)53-39-48(65(6,7)8)31-35-60(53)72/h15,17-42H,16,44H2,1-14H3/b17-15-,51-24-,56-29-. The van der Waals surface area contributed by atoms with Gasteiger partial charge in [-0.05, 0) is 112 Å². The van der Waals surface area contributed by atoms with Crippen LogP contribution in [-0.2, 0) is 33.7 Å². The van der Waals surface area contributed by atoms with Crippen LogP contribution in [0.3, 0.4) is 0 Å². The first-order valence-electron chi connectivity index (χ1n) is 26.2. The van der Waals surface area contributed by atoms with Crippen LogP contribution in [-0.4, -0.2) is 19.1 Å². The molecule has 0 bridgehead atoms. The number of aromatic nitrogens is 4. The molecule has 370 valence electrons. The quantitative estimate of drug-likeness (QED) is 0.101. The molecule has 5 nitrogen and oxygen atoms in total. The number of nitriles is 1. The van der Waals surface area contributed by atoms with Crippen molar-refractivity contribution in [2.75, 3.05) is 0 Å². The summed E-state index contributed by atoms with van der Waals surface area (Å²) < 4.78 is 5.03. The van der Waals surface area contributed by atoms with Crippen LogP contribution in [0.2, 0.25) is 0 Å². The maximum atomic E-state index is 12.2. The molecule has 0 saturated carbocycles. The third kappa shape index (κ3) is 9.38. The number of rotatable bonds is 10. The monoisotopic (exact) mass is 960 g/mol. The van der Waals surface area contributed by atoms with Gasteiger partial charge in [-0.3, -0.25) is 0 Å². The van der Waals surface area contributed by atoms with Crippen molar-refractivity contribution in [1.82, 2.24) is 19.1 Å². The molecule has 9 rings (SSSR count). The van der Waals surface area contributed by atoms with Gasteiger partial charge in [0.1, 0.15) is 5.54 Å². The summed E-state index contributed by atoms with van der Waals surface area (Å²) in [5.41, 5.74) is 12.7. The molecule has 3 aromatic heterocycles. The molecule has 0 spiro atoms. The highest BCUT2D eigenvalue weighted by molar-refractivity contribution is 6.11. The lowest BCUT2D eigenvalue weighted by Crippen LogP contribution is -2.41. The van der Waals surface area contributed by atoms with Crippen molar-refractivity contribution in [2.24, 2.45) is 0 Å². The Bertz CT molecular complexity index is 3470. The largest absolute Gasteiger partial charge is 0.337 e. The molecular formula is C68H73N5. The van der Waals surface area contributed by atoms with Crippen LogP contribution < -0.4 is 0 Å². The molecule has 1 atom stereocenters. The van der Waals surface area contributed by atoms with E-state index in [0.717, 1.165) is 60.9 Å². The summed E-state index contributed by atoms with van der Waals surface area (Å²) in [5.74, 6) is 0.614. The Kier molecular flexibility index (Phi) is 13.2. The number of fused-ring (bicyclic) bond motifs is 6. The molecule has 0 aliphatic carbocycles. The van der Waals surface area contributed by atoms with Gasteiger partial charge in [-0.25, -0.2) is 9.97 Å². The summed E-state index contributed by atoms with van der Waals surface area (Å²) >= 11 is 0. The predicted octanol–water partition coefficient (Wildman–Crippen LogP) is 18.1. The molecule has 6 aromatic carbocycles. The van der Waals surface area contributed by atoms with Crippen LogP contribution in [0.5, 0.6) is 0 Å². The zero-order valence-electron chi connectivity index (χ0n) is 45.7. The van der Waals surface area contributed by atoms with E-state index in [1.165, 1.54) is 33.0 Å². The van der Waals surface area contributed by atoms with Crippen molar-refractivity contribution >= 4 is 49.2 Å². The average molecular weight is 960 g/mol. The molecule has 0 aliphatic heterocycles. The number of benzene rings is 6. The van der Waals surface area contributed by atoms with E-state index < -0.39 is 5.54 Å². The number of allylic oxidation sites excluding steroid dienone is 6. The predicted molar refractivity (Wildman–Crippen MR) is 311 cm³/mol. The molecule has 73 heavy (non-hydrogen) atoms. The zero-order valence-corrected chi connectivity index (χ0v) is 45.7. The molecule has 9 aromatic rings. The summed E-state index contributed by atoms with van der Waals surface area (Å²) in [6, 6.07) is 53.9. The fourth-order valence-electron chi connectivity index (χ4n) is 10.6. The van der Waals surface area contributed by atoms with E-state index >= 15 is 0 Å². The third-order valence-corrected chi connectivity index (χ3v) is 14.8. The first kappa shape index (κ1) is 50.6. The minimum Gasteiger partial charge on any atom is -0.337 e. The molecule has 0 saturated heterocycles. The van der Waals surface area contributed by atoms with Gasteiger partial charge in [0.05, 0.1) is 40.6 Å². The van der Waals surface area contributed by atoms with E-state index in [9.17, 15) is 5.26 Å². The van der Waals surface area contributed by atoms with Gasteiger partial charge in [-0.1, -0.05) is 199 Å². The van der Waals surface area contributed by atoms with Crippen LogP contribution in [0.4, 0.5) is 0 Å². The van der Waals surface area contributed by atoms with E-state index in [4.69, 9.17) is 9.97 Å². The highest BCUT2D eigenvalue weighted by Crippen LogP contribution is 2.50. The Balaban J connectivity index is 1.53. The zero-order chi connectivity index (χ0) is 52.3. The third-order valence-electron chi connectivity index (χ3n) is 14.8. The molecule has 1 unspecified atom stereocenters. The first-order chi connectivity index (χ1) is 34.6. The van der Waals surface area contributed by atoms with E-state index in [0.29, 0.717) is 24.4 Å². The molecule has 0 amide bonds. The van der Waals surface area contributed by atoms with Crippen LogP contribution >= 0.6 is 0 Å². The Morgan fingerprint density at radius 3 is 1.37 bits per heavy atom. The van der Waals surface area contributed by atoms with Gasteiger partial charge in [0.25, 0.3) is 0 Å². The Labute approximate surface area is 434 Å². The summed E-state index contributed by atoms with van der Waals surface area (Å²) in [5, 5.41) is 16.9. The van der Waals surface area contributed by atoms with Crippen LogP contribution in [0.1, 0.15) is 131 Å². The molecule has 3 heterocycles. The average Bonchev–Trinajstić information content (AvgIpc) is 3.85. The van der Waals surface area contributed by atoms with Crippen molar-refractivity contribution in [3.05, 3.63) is 197 Å². The summed E-state index contributed by atoms with van der Waals surface area (Å²) in [7, 11) is 0. The minimum atomic E-state index is -1.22. The molecular weight excluding hydrogens is 887 g/mol. The summed E-state index contributed by atoms with van der Waals surface area (Å²) in [4.78, 5) is 11.0. The van der Waals surface area contributed by atoms with Gasteiger partial charge in [0, 0.05) is 49.3 Å². The highest BCUT2D eigenvalue weighted by Gasteiger charge is 2.45. The van der Waals surface area contributed by atoms with E-state index in [2.05, 4.69) is 252 Å². The fraction of sp³-hybridized carbons (Fsp3) is 0.309. The minimum absolute atomic E-state index is 0.0744.